The predicted octanol–water partition coefficient (Wildman–Crippen LogP) is 3.54. The van der Waals surface area contributed by atoms with Gasteiger partial charge in [-0.15, -0.1) is 0 Å². The van der Waals surface area contributed by atoms with E-state index >= 15 is 0 Å². The molecule has 0 spiro atoms. The van der Waals surface area contributed by atoms with E-state index in [1.165, 1.54) is 18.2 Å². The van der Waals surface area contributed by atoms with E-state index in [4.69, 9.17) is 5.11 Å². The summed E-state index contributed by atoms with van der Waals surface area (Å²) in [5, 5.41) is 8.98. The Labute approximate surface area is 119 Å². The summed E-state index contributed by atoms with van der Waals surface area (Å²) in [6.45, 7) is 6.83. The lowest BCUT2D eigenvalue weighted by atomic mass is 9.82. The van der Waals surface area contributed by atoms with Crippen LogP contribution in [0.2, 0.25) is 0 Å². The van der Waals surface area contributed by atoms with Crippen molar-refractivity contribution in [2.24, 2.45) is 5.41 Å². The Bertz CT molecular complexity index is 497. The second-order valence-corrected chi connectivity index (χ2v) is 5.78. The summed E-state index contributed by atoms with van der Waals surface area (Å²) in [4.78, 5) is 13.2. The fourth-order valence-corrected chi connectivity index (χ4v) is 3.06. The number of benzene rings is 1. The number of carboxylic acids is 1. The van der Waals surface area contributed by atoms with Gasteiger partial charge in [0.1, 0.15) is 5.82 Å². The molecule has 0 unspecified atom stereocenters. The SMILES string of the molecule is CCC1(CC)CCN(Cc2cc(C(=O)O)ccc2F)C1. The Kier molecular flexibility index (Phi) is 4.43. The summed E-state index contributed by atoms with van der Waals surface area (Å²) in [6.07, 6.45) is 3.41. The minimum Gasteiger partial charge on any atom is -0.478 e. The van der Waals surface area contributed by atoms with Crippen molar-refractivity contribution in [2.75, 3.05) is 13.1 Å². The third kappa shape index (κ3) is 3.01. The average Bonchev–Trinajstić information content (AvgIpc) is 2.85. The molecule has 0 radical (unpaired) electrons. The Morgan fingerprint density at radius 1 is 1.40 bits per heavy atom. The highest BCUT2D eigenvalue weighted by Crippen LogP contribution is 2.37. The zero-order valence-corrected chi connectivity index (χ0v) is 12.2. The Balaban J connectivity index is 2.11. The van der Waals surface area contributed by atoms with Gasteiger partial charge < -0.3 is 5.11 Å². The minimum atomic E-state index is -1.01. The van der Waals surface area contributed by atoms with E-state index < -0.39 is 5.97 Å². The summed E-state index contributed by atoms with van der Waals surface area (Å²) in [5.74, 6) is -1.33. The molecular formula is C16H22FNO2. The second-order valence-electron chi connectivity index (χ2n) is 5.78. The third-order valence-corrected chi connectivity index (χ3v) is 4.70. The van der Waals surface area contributed by atoms with E-state index in [0.29, 0.717) is 17.5 Å². The molecule has 0 bridgehead atoms. The van der Waals surface area contributed by atoms with Crippen molar-refractivity contribution in [3.8, 4) is 0 Å². The molecule has 20 heavy (non-hydrogen) atoms. The molecule has 0 amide bonds. The number of likely N-dealkylation sites (tertiary alicyclic amines) is 1. The van der Waals surface area contributed by atoms with E-state index in [0.717, 1.165) is 32.4 Å². The molecule has 0 atom stereocenters. The monoisotopic (exact) mass is 279 g/mol. The van der Waals surface area contributed by atoms with Crippen molar-refractivity contribution in [1.29, 1.82) is 0 Å². The largest absolute Gasteiger partial charge is 0.478 e. The lowest BCUT2D eigenvalue weighted by Crippen LogP contribution is -2.26. The van der Waals surface area contributed by atoms with Gasteiger partial charge in [-0.25, -0.2) is 9.18 Å². The van der Waals surface area contributed by atoms with E-state index in [1.54, 1.807) is 0 Å². The van der Waals surface area contributed by atoms with Gasteiger partial charge in [0.2, 0.25) is 0 Å². The van der Waals surface area contributed by atoms with Crippen LogP contribution in [0.4, 0.5) is 4.39 Å². The lowest BCUT2D eigenvalue weighted by molar-refractivity contribution is 0.0696. The van der Waals surface area contributed by atoms with Crippen molar-refractivity contribution in [1.82, 2.24) is 4.90 Å². The van der Waals surface area contributed by atoms with Crippen LogP contribution in [0.15, 0.2) is 18.2 Å². The number of rotatable bonds is 5. The number of hydrogen-bond acceptors (Lipinski definition) is 2. The molecule has 0 aromatic heterocycles. The molecule has 0 aliphatic carbocycles. The van der Waals surface area contributed by atoms with Gasteiger partial charge in [0.05, 0.1) is 5.56 Å². The van der Waals surface area contributed by atoms with Gasteiger partial charge in [-0.2, -0.15) is 0 Å². The molecule has 1 heterocycles. The van der Waals surface area contributed by atoms with E-state index in [-0.39, 0.29) is 11.4 Å². The Morgan fingerprint density at radius 3 is 2.65 bits per heavy atom. The number of hydrogen-bond donors (Lipinski definition) is 1. The first-order valence-electron chi connectivity index (χ1n) is 7.24. The summed E-state index contributed by atoms with van der Waals surface area (Å²) < 4.78 is 13.8. The van der Waals surface area contributed by atoms with Gasteiger partial charge in [-0.1, -0.05) is 13.8 Å². The number of halogens is 1. The van der Waals surface area contributed by atoms with Crippen LogP contribution in [0.1, 0.15) is 49.0 Å². The van der Waals surface area contributed by atoms with Crippen molar-refractivity contribution < 1.29 is 14.3 Å². The van der Waals surface area contributed by atoms with Crippen LogP contribution in [0, 0.1) is 11.2 Å². The van der Waals surface area contributed by atoms with Gasteiger partial charge >= 0.3 is 5.97 Å². The third-order valence-electron chi connectivity index (χ3n) is 4.70. The average molecular weight is 279 g/mol. The second kappa shape index (κ2) is 5.92. The van der Waals surface area contributed by atoms with Crippen LogP contribution >= 0.6 is 0 Å². The lowest BCUT2D eigenvalue weighted by Gasteiger charge is -2.26. The van der Waals surface area contributed by atoms with Gasteiger partial charge in [-0.05, 0) is 49.4 Å². The van der Waals surface area contributed by atoms with E-state index in [1.807, 2.05) is 0 Å². The molecule has 110 valence electrons. The number of carboxylic acid groups (broad SMARTS) is 1. The van der Waals surface area contributed by atoms with Crippen molar-refractivity contribution >= 4 is 5.97 Å². The van der Waals surface area contributed by atoms with Crippen LogP contribution in [0.5, 0.6) is 0 Å². The van der Waals surface area contributed by atoms with Crippen LogP contribution in [0.25, 0.3) is 0 Å². The standard InChI is InChI=1S/C16H22FNO2/c1-3-16(4-2)7-8-18(11-16)10-13-9-12(15(19)20)5-6-14(13)17/h5-6,9H,3-4,7-8,10-11H2,1-2H3,(H,19,20). The van der Waals surface area contributed by atoms with Gasteiger partial charge in [0.25, 0.3) is 0 Å². The topological polar surface area (TPSA) is 40.5 Å². The molecule has 4 heteroatoms. The summed E-state index contributed by atoms with van der Waals surface area (Å²) in [6, 6.07) is 4.02. The molecule has 1 aromatic rings. The Morgan fingerprint density at radius 2 is 2.10 bits per heavy atom. The maximum Gasteiger partial charge on any atom is 0.335 e. The number of carbonyl (C=O) groups is 1. The maximum atomic E-state index is 13.8. The molecule has 1 N–H and O–H groups in total. The first kappa shape index (κ1) is 15.0. The first-order chi connectivity index (χ1) is 9.49. The molecule has 2 rings (SSSR count). The quantitative estimate of drug-likeness (QED) is 0.896. The van der Waals surface area contributed by atoms with E-state index in [9.17, 15) is 9.18 Å². The van der Waals surface area contributed by atoms with Crippen LogP contribution in [-0.4, -0.2) is 29.1 Å². The molecule has 1 saturated heterocycles. The van der Waals surface area contributed by atoms with Crippen molar-refractivity contribution in [2.45, 2.75) is 39.7 Å². The van der Waals surface area contributed by atoms with Crippen LogP contribution in [0.3, 0.4) is 0 Å². The highest BCUT2D eigenvalue weighted by Gasteiger charge is 2.34. The van der Waals surface area contributed by atoms with Gasteiger partial charge in [-0.3, -0.25) is 4.90 Å². The molecule has 1 aliphatic heterocycles. The molecule has 1 fully saturated rings. The number of aromatic carboxylic acids is 1. The summed E-state index contributed by atoms with van der Waals surface area (Å²) in [7, 11) is 0. The normalized spacial score (nSPS) is 18.4. The molecular weight excluding hydrogens is 257 g/mol. The van der Waals surface area contributed by atoms with Gasteiger partial charge in [0.15, 0.2) is 0 Å². The highest BCUT2D eigenvalue weighted by molar-refractivity contribution is 5.87. The molecule has 1 aliphatic rings. The molecule has 1 aromatic carbocycles. The van der Waals surface area contributed by atoms with Gasteiger partial charge in [0, 0.05) is 18.7 Å². The van der Waals surface area contributed by atoms with Crippen molar-refractivity contribution in [3.05, 3.63) is 35.1 Å². The summed E-state index contributed by atoms with van der Waals surface area (Å²) >= 11 is 0. The van der Waals surface area contributed by atoms with Crippen LogP contribution in [-0.2, 0) is 6.54 Å². The molecule has 0 saturated carbocycles. The minimum absolute atomic E-state index is 0.151. The highest BCUT2D eigenvalue weighted by atomic mass is 19.1. The Hall–Kier alpha value is -1.42. The smallest absolute Gasteiger partial charge is 0.335 e. The predicted molar refractivity (Wildman–Crippen MR) is 76.3 cm³/mol. The zero-order chi connectivity index (χ0) is 14.8. The molecule has 3 nitrogen and oxygen atoms in total. The van der Waals surface area contributed by atoms with Crippen LogP contribution < -0.4 is 0 Å². The first-order valence-corrected chi connectivity index (χ1v) is 7.24. The summed E-state index contributed by atoms with van der Waals surface area (Å²) in [5.41, 5.74) is 0.978. The fourth-order valence-electron chi connectivity index (χ4n) is 3.06. The number of nitrogens with zero attached hydrogens (tertiary/aromatic N) is 1. The van der Waals surface area contributed by atoms with E-state index in [2.05, 4.69) is 18.7 Å². The zero-order valence-electron chi connectivity index (χ0n) is 12.2. The maximum absolute atomic E-state index is 13.8. The fraction of sp³-hybridized carbons (Fsp3) is 0.562. The van der Waals surface area contributed by atoms with Crippen molar-refractivity contribution in [3.63, 3.8) is 0 Å².